The highest BCUT2D eigenvalue weighted by Gasteiger charge is 2.26. The molecule has 0 bridgehead atoms. The Balaban J connectivity index is 2.91. The molecule has 0 aliphatic rings. The number of carboxylic acid groups (broad SMARTS) is 1. The Morgan fingerprint density at radius 1 is 1.42 bits per heavy atom. The minimum atomic E-state index is -1.03. The number of amides is 1. The van der Waals surface area contributed by atoms with E-state index < -0.39 is 17.9 Å². The van der Waals surface area contributed by atoms with Crippen LogP contribution in [-0.4, -0.2) is 33.0 Å². The van der Waals surface area contributed by atoms with Gasteiger partial charge in [-0.3, -0.25) is 4.79 Å². The largest absolute Gasteiger partial charge is 0.480 e. The SMILES string of the molecule is CCC(C)C(NC(=O)c1cnc(C)nc1C)C(=O)O. The zero-order valence-electron chi connectivity index (χ0n) is 11.6. The number of aryl methyl sites for hydroxylation is 2. The fraction of sp³-hybridized carbons (Fsp3) is 0.538. The van der Waals surface area contributed by atoms with Gasteiger partial charge in [0.05, 0.1) is 11.3 Å². The van der Waals surface area contributed by atoms with Gasteiger partial charge in [0, 0.05) is 6.20 Å². The molecule has 6 heteroatoms. The third-order valence-corrected chi connectivity index (χ3v) is 3.11. The molecule has 1 amide bonds. The zero-order valence-corrected chi connectivity index (χ0v) is 11.6. The second-order valence-electron chi connectivity index (χ2n) is 4.59. The number of rotatable bonds is 5. The van der Waals surface area contributed by atoms with E-state index in [1.54, 1.807) is 20.8 Å². The average Bonchev–Trinajstić information content (AvgIpc) is 2.34. The Labute approximate surface area is 112 Å². The minimum absolute atomic E-state index is 0.145. The second-order valence-corrected chi connectivity index (χ2v) is 4.59. The summed E-state index contributed by atoms with van der Waals surface area (Å²) in [5.41, 5.74) is 0.846. The lowest BCUT2D eigenvalue weighted by Gasteiger charge is -2.20. The van der Waals surface area contributed by atoms with Crippen LogP contribution in [0, 0.1) is 19.8 Å². The normalized spacial score (nSPS) is 13.7. The molecule has 0 saturated carbocycles. The maximum atomic E-state index is 12.1. The molecular formula is C13H19N3O3. The summed E-state index contributed by atoms with van der Waals surface area (Å²) in [6, 6.07) is -0.904. The molecule has 0 aliphatic heterocycles. The topological polar surface area (TPSA) is 92.2 Å². The first-order valence-corrected chi connectivity index (χ1v) is 6.20. The van der Waals surface area contributed by atoms with Crippen molar-refractivity contribution in [2.75, 3.05) is 0 Å². The van der Waals surface area contributed by atoms with Gasteiger partial charge in [-0.05, 0) is 19.8 Å². The van der Waals surface area contributed by atoms with Crippen molar-refractivity contribution >= 4 is 11.9 Å². The van der Waals surface area contributed by atoms with Crippen LogP contribution in [0.15, 0.2) is 6.20 Å². The maximum Gasteiger partial charge on any atom is 0.326 e. The molecule has 0 aliphatic carbocycles. The van der Waals surface area contributed by atoms with Crippen molar-refractivity contribution in [2.24, 2.45) is 5.92 Å². The van der Waals surface area contributed by atoms with Gasteiger partial charge >= 0.3 is 5.97 Å². The van der Waals surface area contributed by atoms with Crippen LogP contribution in [0.1, 0.15) is 42.1 Å². The van der Waals surface area contributed by atoms with Crippen LogP contribution in [0.4, 0.5) is 0 Å². The van der Waals surface area contributed by atoms with Crippen molar-refractivity contribution in [1.29, 1.82) is 0 Å². The number of aliphatic carboxylic acids is 1. The van der Waals surface area contributed by atoms with Crippen LogP contribution in [0.3, 0.4) is 0 Å². The summed E-state index contributed by atoms with van der Waals surface area (Å²) in [5, 5.41) is 11.7. The summed E-state index contributed by atoms with van der Waals surface area (Å²) < 4.78 is 0. The number of hydrogen-bond acceptors (Lipinski definition) is 4. The molecule has 0 radical (unpaired) electrons. The van der Waals surface area contributed by atoms with Crippen molar-refractivity contribution in [3.05, 3.63) is 23.3 Å². The fourth-order valence-corrected chi connectivity index (χ4v) is 1.71. The lowest BCUT2D eigenvalue weighted by atomic mass is 9.99. The van der Waals surface area contributed by atoms with Crippen molar-refractivity contribution in [1.82, 2.24) is 15.3 Å². The van der Waals surface area contributed by atoms with E-state index in [4.69, 9.17) is 5.11 Å². The van der Waals surface area contributed by atoms with Gasteiger partial charge in [-0.2, -0.15) is 0 Å². The molecule has 6 nitrogen and oxygen atoms in total. The number of carbonyl (C=O) groups excluding carboxylic acids is 1. The number of nitrogens with zero attached hydrogens (tertiary/aromatic N) is 2. The summed E-state index contributed by atoms with van der Waals surface area (Å²) in [6.45, 7) is 7.10. The van der Waals surface area contributed by atoms with Gasteiger partial charge in [0.25, 0.3) is 5.91 Å². The van der Waals surface area contributed by atoms with E-state index in [0.717, 1.165) is 0 Å². The lowest BCUT2D eigenvalue weighted by molar-refractivity contribution is -0.140. The molecule has 0 aromatic carbocycles. The van der Waals surface area contributed by atoms with E-state index in [2.05, 4.69) is 15.3 Å². The van der Waals surface area contributed by atoms with Crippen LogP contribution in [0.25, 0.3) is 0 Å². The lowest BCUT2D eigenvalue weighted by Crippen LogP contribution is -2.45. The van der Waals surface area contributed by atoms with Crippen LogP contribution in [0.2, 0.25) is 0 Å². The predicted molar refractivity (Wildman–Crippen MR) is 69.9 cm³/mol. The molecule has 2 N–H and O–H groups in total. The highest BCUT2D eigenvalue weighted by Crippen LogP contribution is 2.10. The molecule has 1 heterocycles. The summed E-state index contributed by atoms with van der Waals surface area (Å²) in [7, 11) is 0. The average molecular weight is 265 g/mol. The summed E-state index contributed by atoms with van der Waals surface area (Å²) >= 11 is 0. The van der Waals surface area contributed by atoms with Crippen molar-refractivity contribution in [3.8, 4) is 0 Å². The number of hydrogen-bond donors (Lipinski definition) is 2. The first kappa shape index (κ1) is 15.1. The molecule has 2 unspecified atom stereocenters. The van der Waals surface area contributed by atoms with Crippen LogP contribution < -0.4 is 5.32 Å². The van der Waals surface area contributed by atoms with Gasteiger partial charge < -0.3 is 10.4 Å². The smallest absolute Gasteiger partial charge is 0.326 e. The molecule has 2 atom stereocenters. The third kappa shape index (κ3) is 3.74. The molecule has 1 rings (SSSR count). The van der Waals surface area contributed by atoms with E-state index in [1.165, 1.54) is 6.20 Å². The molecular weight excluding hydrogens is 246 g/mol. The van der Waals surface area contributed by atoms with E-state index in [9.17, 15) is 9.59 Å². The predicted octanol–water partition coefficient (Wildman–Crippen LogP) is 1.32. The quantitative estimate of drug-likeness (QED) is 0.837. The molecule has 19 heavy (non-hydrogen) atoms. The molecule has 0 spiro atoms. The highest BCUT2D eigenvalue weighted by molar-refractivity contribution is 5.97. The first-order valence-electron chi connectivity index (χ1n) is 6.20. The molecule has 0 fully saturated rings. The third-order valence-electron chi connectivity index (χ3n) is 3.11. The van der Waals surface area contributed by atoms with Crippen LogP contribution in [-0.2, 0) is 4.79 Å². The minimum Gasteiger partial charge on any atom is -0.480 e. The summed E-state index contributed by atoms with van der Waals surface area (Å²) in [4.78, 5) is 31.3. The van der Waals surface area contributed by atoms with Gasteiger partial charge in [-0.25, -0.2) is 14.8 Å². The van der Waals surface area contributed by atoms with Crippen molar-refractivity contribution in [3.63, 3.8) is 0 Å². The van der Waals surface area contributed by atoms with Crippen LogP contribution in [0.5, 0.6) is 0 Å². The summed E-state index contributed by atoms with van der Waals surface area (Å²) in [6.07, 6.45) is 2.09. The molecule has 104 valence electrons. The van der Waals surface area contributed by atoms with Crippen molar-refractivity contribution in [2.45, 2.75) is 40.2 Å². The maximum absolute atomic E-state index is 12.1. The Morgan fingerprint density at radius 3 is 2.53 bits per heavy atom. The Hall–Kier alpha value is -1.98. The van der Waals surface area contributed by atoms with Gasteiger partial charge in [0.1, 0.15) is 11.9 Å². The molecule has 1 aromatic rings. The van der Waals surface area contributed by atoms with Gasteiger partial charge in [0.2, 0.25) is 0 Å². The Kier molecular flexibility index (Phi) is 4.97. The molecule has 0 saturated heterocycles. The first-order chi connectivity index (χ1) is 8.86. The van der Waals surface area contributed by atoms with E-state index >= 15 is 0 Å². The van der Waals surface area contributed by atoms with Gasteiger partial charge in [0.15, 0.2) is 0 Å². The Bertz CT molecular complexity index is 488. The fourth-order valence-electron chi connectivity index (χ4n) is 1.71. The van der Waals surface area contributed by atoms with E-state index in [1.807, 2.05) is 6.92 Å². The Morgan fingerprint density at radius 2 is 2.05 bits per heavy atom. The number of carbonyl (C=O) groups is 2. The monoisotopic (exact) mass is 265 g/mol. The number of nitrogens with one attached hydrogen (secondary N) is 1. The second kappa shape index (κ2) is 6.26. The highest BCUT2D eigenvalue weighted by atomic mass is 16.4. The van der Waals surface area contributed by atoms with Crippen LogP contribution >= 0.6 is 0 Å². The summed E-state index contributed by atoms with van der Waals surface area (Å²) in [5.74, 6) is -1.06. The molecule has 1 aromatic heterocycles. The standard InChI is InChI=1S/C13H19N3O3/c1-5-7(2)11(13(18)19)16-12(17)10-6-14-9(4)15-8(10)3/h6-7,11H,5H2,1-4H3,(H,16,17)(H,18,19). The number of carboxylic acids is 1. The zero-order chi connectivity index (χ0) is 14.6. The van der Waals surface area contributed by atoms with Gasteiger partial charge in [-0.1, -0.05) is 20.3 Å². The number of aromatic nitrogens is 2. The van der Waals surface area contributed by atoms with E-state index in [0.29, 0.717) is 23.5 Å². The van der Waals surface area contributed by atoms with E-state index in [-0.39, 0.29) is 5.92 Å². The van der Waals surface area contributed by atoms with Crippen molar-refractivity contribution < 1.29 is 14.7 Å². The van der Waals surface area contributed by atoms with Gasteiger partial charge in [-0.15, -0.1) is 0 Å².